The van der Waals surface area contributed by atoms with E-state index >= 15 is 0 Å². The van der Waals surface area contributed by atoms with Gasteiger partial charge in [-0.05, 0) is 38.1 Å². The van der Waals surface area contributed by atoms with Crippen LogP contribution >= 0.6 is 0 Å². The zero-order chi connectivity index (χ0) is 10.5. The highest BCUT2D eigenvalue weighted by molar-refractivity contribution is 4.95. The molecule has 1 unspecified atom stereocenters. The number of nitrogens with one attached hydrogen (secondary N) is 1. The van der Waals surface area contributed by atoms with Crippen molar-refractivity contribution in [2.24, 2.45) is 0 Å². The minimum atomic E-state index is 0.482. The van der Waals surface area contributed by atoms with Gasteiger partial charge >= 0.3 is 0 Å². The van der Waals surface area contributed by atoms with Crippen LogP contribution in [0.15, 0.2) is 25.1 Å². The highest BCUT2D eigenvalue weighted by atomic mass is 15.3. The van der Waals surface area contributed by atoms with Gasteiger partial charge < -0.3 is 10.2 Å². The Morgan fingerprint density at radius 3 is 2.60 bits per heavy atom. The molecule has 2 heteroatoms. The van der Waals surface area contributed by atoms with Crippen LogP contribution in [0.3, 0.4) is 0 Å². The summed E-state index contributed by atoms with van der Waals surface area (Å²) in [5, 5.41) is 3.44. The molecular formula is C13H22N2. The number of nitrogens with zero attached hydrogens (tertiary/aromatic N) is 1. The van der Waals surface area contributed by atoms with Crippen LogP contribution in [0.1, 0.15) is 44.9 Å². The second-order valence-electron chi connectivity index (χ2n) is 4.58. The van der Waals surface area contributed by atoms with Crippen LogP contribution in [0.5, 0.6) is 0 Å². The van der Waals surface area contributed by atoms with Crippen molar-refractivity contribution in [2.45, 2.75) is 57.2 Å². The van der Waals surface area contributed by atoms with E-state index in [-0.39, 0.29) is 0 Å². The Morgan fingerprint density at radius 1 is 1.20 bits per heavy atom. The van der Waals surface area contributed by atoms with Crippen LogP contribution in [0.4, 0.5) is 0 Å². The molecule has 0 saturated heterocycles. The van der Waals surface area contributed by atoms with E-state index < -0.39 is 0 Å². The zero-order valence-electron chi connectivity index (χ0n) is 9.49. The van der Waals surface area contributed by atoms with Gasteiger partial charge in [0, 0.05) is 6.04 Å². The maximum absolute atomic E-state index is 3.97. The number of hydrogen-bond donors (Lipinski definition) is 1. The van der Waals surface area contributed by atoms with E-state index in [4.69, 9.17) is 0 Å². The first-order valence-corrected chi connectivity index (χ1v) is 6.23. The van der Waals surface area contributed by atoms with E-state index in [1.54, 1.807) is 0 Å². The third kappa shape index (κ3) is 2.55. The molecule has 1 saturated carbocycles. The molecule has 1 aliphatic carbocycles. The van der Waals surface area contributed by atoms with Gasteiger partial charge in [-0.3, -0.25) is 0 Å². The molecule has 15 heavy (non-hydrogen) atoms. The van der Waals surface area contributed by atoms with Crippen molar-refractivity contribution >= 4 is 0 Å². The van der Waals surface area contributed by atoms with Crippen molar-refractivity contribution in [1.29, 1.82) is 0 Å². The van der Waals surface area contributed by atoms with E-state index in [0.717, 1.165) is 6.04 Å². The third-order valence-electron chi connectivity index (χ3n) is 3.58. The normalized spacial score (nSPS) is 27.1. The monoisotopic (exact) mass is 206 g/mol. The lowest BCUT2D eigenvalue weighted by atomic mass is 9.93. The van der Waals surface area contributed by atoms with E-state index in [9.17, 15) is 0 Å². The largest absolute Gasteiger partial charge is 0.372 e. The number of allylic oxidation sites excluding steroid dienone is 1. The minimum Gasteiger partial charge on any atom is -0.372 e. The molecule has 1 heterocycles. The molecule has 2 rings (SSSR count). The molecule has 1 aliphatic heterocycles. The fourth-order valence-electron chi connectivity index (χ4n) is 2.74. The second-order valence-corrected chi connectivity index (χ2v) is 4.58. The summed E-state index contributed by atoms with van der Waals surface area (Å²) in [7, 11) is 0. The van der Waals surface area contributed by atoms with Crippen LogP contribution in [-0.2, 0) is 0 Å². The van der Waals surface area contributed by atoms with Crippen molar-refractivity contribution in [2.75, 3.05) is 0 Å². The Balaban J connectivity index is 1.95. The Kier molecular flexibility index (Phi) is 3.70. The molecule has 1 fully saturated rings. The number of rotatable bonds is 3. The summed E-state index contributed by atoms with van der Waals surface area (Å²) in [5.74, 6) is 0. The van der Waals surface area contributed by atoms with Gasteiger partial charge in [-0.15, -0.1) is 0 Å². The molecule has 0 bridgehead atoms. The first-order valence-electron chi connectivity index (χ1n) is 6.23. The average Bonchev–Trinajstić information content (AvgIpc) is 2.33. The second kappa shape index (κ2) is 5.24. The van der Waals surface area contributed by atoms with Crippen molar-refractivity contribution < 1.29 is 0 Å². The van der Waals surface area contributed by atoms with Crippen molar-refractivity contribution in [3.05, 3.63) is 25.1 Å². The fourth-order valence-corrected chi connectivity index (χ4v) is 2.74. The molecular weight excluding hydrogens is 184 g/mol. The molecule has 0 aromatic heterocycles. The smallest absolute Gasteiger partial charge is 0.0985 e. The topological polar surface area (TPSA) is 15.3 Å². The molecule has 0 spiro atoms. The van der Waals surface area contributed by atoms with Crippen molar-refractivity contribution in [3.63, 3.8) is 0 Å². The highest BCUT2D eigenvalue weighted by Crippen LogP contribution is 2.25. The summed E-state index contributed by atoms with van der Waals surface area (Å²) >= 11 is 0. The Bertz CT molecular complexity index is 229. The molecule has 0 radical (unpaired) electrons. The maximum atomic E-state index is 3.97. The molecule has 2 nitrogen and oxygen atoms in total. The third-order valence-corrected chi connectivity index (χ3v) is 3.58. The Hall–Kier alpha value is -0.920. The van der Waals surface area contributed by atoms with Crippen LogP contribution < -0.4 is 5.32 Å². The van der Waals surface area contributed by atoms with E-state index in [1.807, 2.05) is 6.20 Å². The predicted octanol–water partition coefficient (Wildman–Crippen LogP) is 2.99. The van der Waals surface area contributed by atoms with Gasteiger partial charge in [0.05, 0.1) is 6.17 Å². The lowest BCUT2D eigenvalue weighted by molar-refractivity contribution is 0.140. The summed E-state index contributed by atoms with van der Waals surface area (Å²) in [6.07, 6.45) is 16.1. The van der Waals surface area contributed by atoms with Gasteiger partial charge in [0.25, 0.3) is 0 Å². The summed E-state index contributed by atoms with van der Waals surface area (Å²) in [6, 6.07) is 0.722. The van der Waals surface area contributed by atoms with Crippen LogP contribution in [0, 0.1) is 0 Å². The SMILES string of the molecule is C=CN(C1CCCCC1)C1CCC=CN1. The first kappa shape index (κ1) is 10.6. The van der Waals surface area contributed by atoms with Gasteiger partial charge in [0.15, 0.2) is 0 Å². The van der Waals surface area contributed by atoms with Crippen LogP contribution in [-0.4, -0.2) is 17.1 Å². The molecule has 1 atom stereocenters. The summed E-state index contributed by atoms with van der Waals surface area (Å²) < 4.78 is 0. The lowest BCUT2D eigenvalue weighted by Gasteiger charge is -2.40. The van der Waals surface area contributed by atoms with E-state index in [2.05, 4.69) is 29.1 Å². The molecule has 0 aromatic rings. The van der Waals surface area contributed by atoms with E-state index in [1.165, 1.54) is 44.9 Å². The van der Waals surface area contributed by atoms with Gasteiger partial charge in [0.2, 0.25) is 0 Å². The summed E-state index contributed by atoms with van der Waals surface area (Å²) in [4.78, 5) is 2.45. The quantitative estimate of drug-likeness (QED) is 0.763. The van der Waals surface area contributed by atoms with Gasteiger partial charge in [-0.2, -0.15) is 0 Å². The van der Waals surface area contributed by atoms with Gasteiger partial charge in [-0.25, -0.2) is 0 Å². The first-order chi connectivity index (χ1) is 7.42. The van der Waals surface area contributed by atoms with E-state index in [0.29, 0.717) is 6.17 Å². The standard InChI is InChI=1S/C13H22N2/c1-2-15(12-8-4-3-5-9-12)13-10-6-7-11-14-13/h2,7,11-14H,1,3-6,8-10H2. The maximum Gasteiger partial charge on any atom is 0.0985 e. The minimum absolute atomic E-state index is 0.482. The lowest BCUT2D eigenvalue weighted by Crippen LogP contribution is -2.47. The van der Waals surface area contributed by atoms with Gasteiger partial charge in [-0.1, -0.05) is 31.9 Å². The van der Waals surface area contributed by atoms with Crippen molar-refractivity contribution in [3.8, 4) is 0 Å². The molecule has 2 aliphatic rings. The molecule has 0 aromatic carbocycles. The van der Waals surface area contributed by atoms with Gasteiger partial charge in [0.1, 0.15) is 0 Å². The Morgan fingerprint density at radius 2 is 2.00 bits per heavy atom. The summed E-state index contributed by atoms with van der Waals surface area (Å²) in [5.41, 5.74) is 0. The Labute approximate surface area is 93.0 Å². The molecule has 1 N–H and O–H groups in total. The summed E-state index contributed by atoms with van der Waals surface area (Å²) in [6.45, 7) is 3.97. The van der Waals surface area contributed by atoms with Crippen molar-refractivity contribution in [1.82, 2.24) is 10.2 Å². The molecule has 84 valence electrons. The van der Waals surface area contributed by atoms with Crippen LogP contribution in [0.2, 0.25) is 0 Å². The number of hydrogen-bond acceptors (Lipinski definition) is 2. The fraction of sp³-hybridized carbons (Fsp3) is 0.692. The predicted molar refractivity (Wildman–Crippen MR) is 64.2 cm³/mol. The highest BCUT2D eigenvalue weighted by Gasteiger charge is 2.24. The van der Waals surface area contributed by atoms with Crippen LogP contribution in [0.25, 0.3) is 0 Å². The molecule has 0 amide bonds. The average molecular weight is 206 g/mol. The zero-order valence-corrected chi connectivity index (χ0v) is 9.49.